The minimum Gasteiger partial charge on any atom is -0.353 e. The van der Waals surface area contributed by atoms with Gasteiger partial charge in [-0.2, -0.15) is 5.48 Å². The molecular weight excluding hydrogens is 338 g/mol. The number of carbonyl (C=O) groups excluding carboxylic acids is 2. The first-order chi connectivity index (χ1) is 12.4. The second-order valence-electron chi connectivity index (χ2n) is 5.44. The first-order valence-corrected chi connectivity index (χ1v) is 7.63. The zero-order chi connectivity index (χ0) is 19.1. The van der Waals surface area contributed by atoms with Crippen molar-refractivity contribution in [3.63, 3.8) is 0 Å². The van der Waals surface area contributed by atoms with Gasteiger partial charge in [-0.05, 0) is 32.0 Å². The molecule has 26 heavy (non-hydrogen) atoms. The van der Waals surface area contributed by atoms with Gasteiger partial charge in [0.2, 0.25) is 0 Å². The summed E-state index contributed by atoms with van der Waals surface area (Å²) in [5.41, 5.74) is 3.82. The van der Waals surface area contributed by atoms with Gasteiger partial charge in [-0.3, -0.25) is 14.9 Å². The molecule has 8 heteroatoms. The second-order valence-corrected chi connectivity index (χ2v) is 5.44. The maximum Gasteiger partial charge on any atom is 0.357 e. The van der Waals surface area contributed by atoms with Gasteiger partial charge >= 0.3 is 5.97 Å². The minimum absolute atomic E-state index is 0.124. The molecule has 0 saturated heterocycles. The highest BCUT2D eigenvalue weighted by atomic mass is 16.7. The van der Waals surface area contributed by atoms with Gasteiger partial charge in [0.05, 0.1) is 4.92 Å². The predicted molar refractivity (Wildman–Crippen MR) is 95.2 cm³/mol. The number of nitrogens with zero attached hydrogens (tertiary/aromatic N) is 1. The molecule has 2 aromatic carbocycles. The molecule has 0 spiro atoms. The third-order valence-corrected chi connectivity index (χ3v) is 3.33. The topological polar surface area (TPSA) is 111 Å². The molecule has 0 heterocycles. The Labute approximate surface area is 149 Å². The van der Waals surface area contributed by atoms with Crippen molar-refractivity contribution in [2.45, 2.75) is 13.8 Å². The number of nitro benzene ring substituents is 1. The number of allylic oxidation sites excluding steroid dienone is 1. The molecule has 0 unspecified atom stereocenters. The second kappa shape index (κ2) is 8.43. The molecule has 2 N–H and O–H groups in total. The van der Waals surface area contributed by atoms with Crippen molar-refractivity contribution in [2.75, 3.05) is 5.32 Å². The lowest BCUT2D eigenvalue weighted by Gasteiger charge is -2.07. The number of para-hydroxylation sites is 2. The average molecular weight is 355 g/mol. The van der Waals surface area contributed by atoms with Crippen LogP contribution in [0.25, 0.3) is 0 Å². The zero-order valence-corrected chi connectivity index (χ0v) is 14.2. The number of amides is 1. The van der Waals surface area contributed by atoms with Crippen molar-refractivity contribution in [3.05, 3.63) is 81.5 Å². The SMILES string of the molecule is C/C(=C/C(=O)ONC(=O)c1ccc(C)cc1)Nc1ccccc1[N+](=O)[O-]. The van der Waals surface area contributed by atoms with E-state index in [1.807, 2.05) is 12.4 Å². The fourth-order valence-corrected chi connectivity index (χ4v) is 2.05. The van der Waals surface area contributed by atoms with E-state index in [0.29, 0.717) is 11.3 Å². The number of hydroxylamine groups is 1. The molecule has 8 nitrogen and oxygen atoms in total. The molecule has 2 aromatic rings. The van der Waals surface area contributed by atoms with Crippen LogP contribution in [-0.4, -0.2) is 16.8 Å². The van der Waals surface area contributed by atoms with E-state index < -0.39 is 16.8 Å². The summed E-state index contributed by atoms with van der Waals surface area (Å²) in [5.74, 6) is -1.38. The summed E-state index contributed by atoms with van der Waals surface area (Å²) in [6.45, 7) is 3.43. The van der Waals surface area contributed by atoms with Crippen molar-refractivity contribution < 1.29 is 19.3 Å². The van der Waals surface area contributed by atoms with Gasteiger partial charge in [0.1, 0.15) is 5.69 Å². The Morgan fingerprint density at radius 1 is 1.12 bits per heavy atom. The Kier molecular flexibility index (Phi) is 6.05. The summed E-state index contributed by atoms with van der Waals surface area (Å²) < 4.78 is 0. The molecule has 2 rings (SSSR count). The van der Waals surface area contributed by atoms with E-state index in [9.17, 15) is 19.7 Å². The number of benzene rings is 2. The number of nitro groups is 1. The zero-order valence-electron chi connectivity index (χ0n) is 14.2. The molecule has 0 radical (unpaired) electrons. The standard InChI is InChI=1S/C18H17N3O5/c1-12-7-9-14(10-8-12)18(23)20-26-17(22)11-13(2)19-15-5-3-4-6-16(15)21(24)25/h3-11,19H,1-2H3,(H,20,23)/b13-11-. The molecule has 0 aliphatic carbocycles. The van der Waals surface area contributed by atoms with Crippen LogP contribution in [-0.2, 0) is 9.63 Å². The van der Waals surface area contributed by atoms with Gasteiger partial charge < -0.3 is 10.2 Å². The Bertz CT molecular complexity index is 859. The van der Waals surface area contributed by atoms with E-state index in [1.54, 1.807) is 37.3 Å². The van der Waals surface area contributed by atoms with Crippen LogP contribution in [0.5, 0.6) is 0 Å². The van der Waals surface area contributed by atoms with Crippen LogP contribution in [0, 0.1) is 17.0 Å². The first-order valence-electron chi connectivity index (χ1n) is 7.63. The van der Waals surface area contributed by atoms with Crippen LogP contribution >= 0.6 is 0 Å². The maximum atomic E-state index is 11.9. The number of hydrogen-bond acceptors (Lipinski definition) is 6. The summed E-state index contributed by atoms with van der Waals surface area (Å²) in [7, 11) is 0. The van der Waals surface area contributed by atoms with Gasteiger partial charge in [-0.25, -0.2) is 4.79 Å². The largest absolute Gasteiger partial charge is 0.357 e. The van der Waals surface area contributed by atoms with Crippen molar-refractivity contribution >= 4 is 23.3 Å². The number of anilines is 1. The summed E-state index contributed by atoms with van der Waals surface area (Å²) in [6, 6.07) is 12.8. The maximum absolute atomic E-state index is 11.9. The number of aryl methyl sites for hydroxylation is 1. The lowest BCUT2D eigenvalue weighted by molar-refractivity contribution is -0.383. The molecule has 0 aliphatic rings. The highest BCUT2D eigenvalue weighted by Crippen LogP contribution is 2.24. The van der Waals surface area contributed by atoms with Crippen LogP contribution in [0.4, 0.5) is 11.4 Å². The molecule has 1 amide bonds. The molecule has 0 aromatic heterocycles. The summed E-state index contributed by atoms with van der Waals surface area (Å²) >= 11 is 0. The van der Waals surface area contributed by atoms with Crippen LogP contribution in [0.1, 0.15) is 22.8 Å². The Hall–Kier alpha value is -3.68. The van der Waals surface area contributed by atoms with Gasteiger partial charge in [0.15, 0.2) is 0 Å². The molecule has 134 valence electrons. The minimum atomic E-state index is -0.825. The molecule has 0 saturated carbocycles. The molecule has 0 bridgehead atoms. The summed E-state index contributed by atoms with van der Waals surface area (Å²) in [6.07, 6.45) is 1.08. The third-order valence-electron chi connectivity index (χ3n) is 3.33. The number of rotatable bonds is 5. The van der Waals surface area contributed by atoms with Crippen molar-refractivity contribution in [1.29, 1.82) is 0 Å². The first kappa shape index (κ1) is 18.7. The van der Waals surface area contributed by atoms with E-state index in [2.05, 4.69) is 10.2 Å². The fraction of sp³-hybridized carbons (Fsp3) is 0.111. The normalized spacial score (nSPS) is 10.8. The average Bonchev–Trinajstić information content (AvgIpc) is 2.60. The van der Waals surface area contributed by atoms with E-state index in [0.717, 1.165) is 11.6 Å². The molecular formula is C18H17N3O5. The van der Waals surface area contributed by atoms with Crippen LogP contribution in [0.2, 0.25) is 0 Å². The summed E-state index contributed by atoms with van der Waals surface area (Å²) in [5, 5.41) is 13.7. The monoisotopic (exact) mass is 355 g/mol. The van der Waals surface area contributed by atoms with Crippen LogP contribution in [0.3, 0.4) is 0 Å². The third kappa shape index (κ3) is 5.17. The molecule has 0 atom stereocenters. The van der Waals surface area contributed by atoms with Gasteiger partial charge in [0.25, 0.3) is 11.6 Å². The molecule has 0 fully saturated rings. The quantitative estimate of drug-likeness (QED) is 0.484. The summed E-state index contributed by atoms with van der Waals surface area (Å²) in [4.78, 5) is 38.7. The van der Waals surface area contributed by atoms with Crippen molar-refractivity contribution in [2.24, 2.45) is 0 Å². The predicted octanol–water partition coefficient (Wildman–Crippen LogP) is 3.11. The van der Waals surface area contributed by atoms with E-state index in [1.165, 1.54) is 18.2 Å². The lowest BCUT2D eigenvalue weighted by Crippen LogP contribution is -2.26. The number of carbonyl (C=O) groups is 2. The highest BCUT2D eigenvalue weighted by molar-refractivity contribution is 5.95. The lowest BCUT2D eigenvalue weighted by atomic mass is 10.1. The highest BCUT2D eigenvalue weighted by Gasteiger charge is 2.13. The van der Waals surface area contributed by atoms with Gasteiger partial charge in [-0.15, -0.1) is 0 Å². The van der Waals surface area contributed by atoms with E-state index >= 15 is 0 Å². The van der Waals surface area contributed by atoms with E-state index in [4.69, 9.17) is 0 Å². The Balaban J connectivity index is 1.94. The van der Waals surface area contributed by atoms with Crippen LogP contribution in [0.15, 0.2) is 60.3 Å². The van der Waals surface area contributed by atoms with E-state index in [-0.39, 0.29) is 11.4 Å². The number of hydrogen-bond donors (Lipinski definition) is 2. The molecule has 0 aliphatic heterocycles. The van der Waals surface area contributed by atoms with Gasteiger partial charge in [0, 0.05) is 23.4 Å². The van der Waals surface area contributed by atoms with Crippen molar-refractivity contribution in [3.8, 4) is 0 Å². The fourth-order valence-electron chi connectivity index (χ4n) is 2.05. The van der Waals surface area contributed by atoms with Crippen LogP contribution < -0.4 is 10.8 Å². The smallest absolute Gasteiger partial charge is 0.353 e. The Morgan fingerprint density at radius 3 is 2.42 bits per heavy atom. The Morgan fingerprint density at radius 2 is 1.77 bits per heavy atom. The number of nitrogens with one attached hydrogen (secondary N) is 2. The van der Waals surface area contributed by atoms with Crippen molar-refractivity contribution in [1.82, 2.24) is 5.48 Å². The van der Waals surface area contributed by atoms with Gasteiger partial charge in [-0.1, -0.05) is 29.8 Å².